The molecule has 266 valence electrons. The summed E-state index contributed by atoms with van der Waals surface area (Å²) in [6.45, 7) is 10.0. The van der Waals surface area contributed by atoms with Crippen molar-refractivity contribution in [3.63, 3.8) is 0 Å². The molecule has 0 aliphatic carbocycles. The Labute approximate surface area is 293 Å². The van der Waals surface area contributed by atoms with Crippen molar-refractivity contribution in [3.8, 4) is 17.6 Å². The van der Waals surface area contributed by atoms with E-state index >= 15 is 0 Å². The van der Waals surface area contributed by atoms with Crippen LogP contribution in [0.4, 0.5) is 0 Å². The third-order valence-corrected chi connectivity index (χ3v) is 10.5. The van der Waals surface area contributed by atoms with Gasteiger partial charge in [0.1, 0.15) is 35.4 Å². The Balaban J connectivity index is 1.76. The molecule has 3 aromatic rings. The van der Waals surface area contributed by atoms with Gasteiger partial charge in [-0.25, -0.2) is 4.67 Å². The third-order valence-electron chi connectivity index (χ3n) is 8.34. The lowest BCUT2D eigenvalue weighted by atomic mass is 9.80. The molecule has 4 unspecified atom stereocenters. The molecule has 4 rings (SSSR count). The second-order valence-corrected chi connectivity index (χ2v) is 13.6. The molecular weight excluding hydrogens is 643 g/mol. The van der Waals surface area contributed by atoms with Crippen molar-refractivity contribution in [2.24, 2.45) is 0 Å². The highest BCUT2D eigenvalue weighted by Gasteiger charge is 2.46. The Morgan fingerprint density at radius 3 is 1.90 bits per heavy atom. The SMILES string of the molecule is COCCOC1COC(COC(c2ccccc2)(c2ccc(OC)cc2)c2ccc(OC)cc2)C1OP(OCCC#N)N(C(C)C)C(C)C. The summed E-state index contributed by atoms with van der Waals surface area (Å²) in [4.78, 5) is 0. The van der Waals surface area contributed by atoms with Gasteiger partial charge in [-0.05, 0) is 68.7 Å². The van der Waals surface area contributed by atoms with Crippen LogP contribution in [0.25, 0.3) is 0 Å². The number of benzene rings is 3. The maximum absolute atomic E-state index is 9.25. The molecule has 0 N–H and O–H groups in total. The zero-order chi connectivity index (χ0) is 35.2. The minimum absolute atomic E-state index is 0.133. The van der Waals surface area contributed by atoms with Gasteiger partial charge in [0.05, 0.1) is 59.7 Å². The topological polar surface area (TPSA) is 101 Å². The van der Waals surface area contributed by atoms with Crippen LogP contribution in [0, 0.1) is 11.3 Å². The summed E-state index contributed by atoms with van der Waals surface area (Å²) in [6, 6.07) is 28.5. The quantitative estimate of drug-likeness (QED) is 0.0692. The molecule has 1 aliphatic heterocycles. The van der Waals surface area contributed by atoms with E-state index in [2.05, 4.69) is 50.6 Å². The predicted molar refractivity (Wildman–Crippen MR) is 190 cm³/mol. The van der Waals surface area contributed by atoms with Crippen molar-refractivity contribution >= 4 is 8.53 Å². The van der Waals surface area contributed by atoms with Crippen LogP contribution in [0.3, 0.4) is 0 Å². The molecule has 11 heteroatoms. The van der Waals surface area contributed by atoms with E-state index in [9.17, 15) is 5.26 Å². The van der Waals surface area contributed by atoms with Gasteiger partial charge in [0.25, 0.3) is 8.53 Å². The minimum Gasteiger partial charge on any atom is -0.497 e. The molecule has 10 nitrogen and oxygen atoms in total. The highest BCUT2D eigenvalue weighted by atomic mass is 31.2. The second kappa shape index (κ2) is 19.3. The summed E-state index contributed by atoms with van der Waals surface area (Å²) in [5, 5.41) is 9.25. The summed E-state index contributed by atoms with van der Waals surface area (Å²) in [7, 11) is 3.38. The van der Waals surface area contributed by atoms with Crippen molar-refractivity contribution in [2.75, 3.05) is 54.4 Å². The van der Waals surface area contributed by atoms with Crippen molar-refractivity contribution in [1.82, 2.24) is 4.67 Å². The first-order valence-corrected chi connectivity index (χ1v) is 17.9. The number of hydrogen-bond acceptors (Lipinski definition) is 10. The smallest absolute Gasteiger partial charge is 0.259 e. The van der Waals surface area contributed by atoms with Crippen molar-refractivity contribution in [1.29, 1.82) is 5.26 Å². The highest BCUT2D eigenvalue weighted by Crippen LogP contribution is 2.49. The number of rotatable bonds is 20. The zero-order valence-corrected chi connectivity index (χ0v) is 30.6. The minimum atomic E-state index is -1.57. The lowest BCUT2D eigenvalue weighted by molar-refractivity contribution is -0.0730. The Morgan fingerprint density at radius 1 is 0.816 bits per heavy atom. The van der Waals surface area contributed by atoms with Crippen LogP contribution in [0.5, 0.6) is 11.5 Å². The molecule has 0 saturated carbocycles. The van der Waals surface area contributed by atoms with Gasteiger partial charge >= 0.3 is 0 Å². The molecule has 1 fully saturated rings. The van der Waals surface area contributed by atoms with Crippen molar-refractivity contribution in [2.45, 2.75) is 70.1 Å². The molecule has 1 heterocycles. The summed E-state index contributed by atoms with van der Waals surface area (Å²) < 4.78 is 51.6. The predicted octanol–water partition coefficient (Wildman–Crippen LogP) is 7.10. The number of nitrogens with zero attached hydrogens (tertiary/aromatic N) is 2. The molecule has 1 aliphatic rings. The van der Waals surface area contributed by atoms with Crippen LogP contribution in [0.15, 0.2) is 78.9 Å². The molecule has 0 amide bonds. The van der Waals surface area contributed by atoms with Crippen LogP contribution in [-0.2, 0) is 33.6 Å². The molecule has 3 aromatic carbocycles. The molecule has 0 aromatic heterocycles. The van der Waals surface area contributed by atoms with E-state index in [0.717, 1.165) is 28.2 Å². The van der Waals surface area contributed by atoms with Crippen LogP contribution in [-0.4, -0.2) is 89.4 Å². The number of nitriles is 1. The number of methoxy groups -OCH3 is 3. The zero-order valence-electron chi connectivity index (χ0n) is 29.7. The maximum Gasteiger partial charge on any atom is 0.259 e. The van der Waals surface area contributed by atoms with Crippen LogP contribution < -0.4 is 9.47 Å². The van der Waals surface area contributed by atoms with Crippen molar-refractivity contribution in [3.05, 3.63) is 95.6 Å². The number of hydrogen-bond donors (Lipinski definition) is 0. The fourth-order valence-electron chi connectivity index (χ4n) is 6.03. The van der Waals surface area contributed by atoms with Crippen molar-refractivity contribution < 1.29 is 37.5 Å². The van der Waals surface area contributed by atoms with Gasteiger partial charge in [-0.3, -0.25) is 0 Å². The Morgan fingerprint density at radius 2 is 1.39 bits per heavy atom. The average Bonchev–Trinajstić information content (AvgIpc) is 3.50. The summed E-state index contributed by atoms with van der Waals surface area (Å²) in [5.74, 6) is 1.49. The summed E-state index contributed by atoms with van der Waals surface area (Å²) >= 11 is 0. The Kier molecular flexibility index (Phi) is 15.3. The van der Waals surface area contributed by atoms with Crippen LogP contribution >= 0.6 is 8.53 Å². The maximum atomic E-state index is 9.25. The largest absolute Gasteiger partial charge is 0.497 e. The van der Waals surface area contributed by atoms with Gasteiger partial charge in [-0.15, -0.1) is 0 Å². The Bertz CT molecular complexity index is 1360. The van der Waals surface area contributed by atoms with Crippen LogP contribution in [0.1, 0.15) is 50.8 Å². The molecule has 0 radical (unpaired) electrons. The lowest BCUT2D eigenvalue weighted by Gasteiger charge is -2.39. The van der Waals surface area contributed by atoms with Gasteiger partial charge in [-0.2, -0.15) is 5.26 Å². The first kappa shape index (κ1) is 38.7. The molecule has 0 spiro atoms. The van der Waals surface area contributed by atoms with E-state index in [1.54, 1.807) is 21.3 Å². The van der Waals surface area contributed by atoms with E-state index in [4.69, 9.17) is 37.5 Å². The fraction of sp³-hybridized carbons (Fsp3) is 0.500. The third kappa shape index (κ3) is 9.78. The highest BCUT2D eigenvalue weighted by molar-refractivity contribution is 7.44. The second-order valence-electron chi connectivity index (χ2n) is 12.2. The van der Waals surface area contributed by atoms with E-state index in [1.807, 2.05) is 66.7 Å². The van der Waals surface area contributed by atoms with Gasteiger partial charge < -0.3 is 37.5 Å². The Hall–Kier alpha value is -3.10. The average molecular weight is 695 g/mol. The van der Waals surface area contributed by atoms with Crippen LogP contribution in [0.2, 0.25) is 0 Å². The molecule has 49 heavy (non-hydrogen) atoms. The van der Waals surface area contributed by atoms with E-state index in [1.165, 1.54) is 0 Å². The summed E-state index contributed by atoms with van der Waals surface area (Å²) in [6.07, 6.45) is -1.15. The normalized spacial score (nSPS) is 18.6. The first-order chi connectivity index (χ1) is 23.8. The molecule has 0 bridgehead atoms. The van der Waals surface area contributed by atoms with E-state index in [-0.39, 0.29) is 37.8 Å². The molecule has 1 saturated heterocycles. The van der Waals surface area contributed by atoms with E-state index < -0.39 is 26.3 Å². The first-order valence-electron chi connectivity index (χ1n) is 16.7. The van der Waals surface area contributed by atoms with Gasteiger partial charge in [0.15, 0.2) is 0 Å². The number of ether oxygens (including phenoxy) is 6. The standard InChI is InChI=1S/C38H51N2O8P/c1-28(2)40(29(3)4)49(47-23-11-22-39)48-37-35(44-25-24-41-5)26-45-36(37)27-46-38(30-12-9-8-10-13-30,31-14-18-33(42-6)19-15-31)32-16-20-34(43-7)21-17-32/h8-10,12-21,28-29,35-37H,11,23-27H2,1-7H3. The molecule has 4 atom stereocenters. The lowest BCUT2D eigenvalue weighted by Crippen LogP contribution is -2.43. The monoisotopic (exact) mass is 694 g/mol. The summed E-state index contributed by atoms with van der Waals surface area (Å²) in [5.41, 5.74) is 1.75. The van der Waals surface area contributed by atoms with E-state index in [0.29, 0.717) is 19.8 Å². The fourth-order valence-corrected chi connectivity index (χ4v) is 7.82. The molecular formula is C38H51N2O8P. The van der Waals surface area contributed by atoms with Gasteiger partial charge in [-0.1, -0.05) is 54.6 Å². The van der Waals surface area contributed by atoms with Gasteiger partial charge in [0.2, 0.25) is 0 Å². The van der Waals surface area contributed by atoms with Gasteiger partial charge in [0, 0.05) is 19.2 Å².